The zero-order valence-corrected chi connectivity index (χ0v) is 15.2. The first-order chi connectivity index (χ1) is 11.3. The standard InChI is InChI=1S/C17H27N3O3S/c1-13(2)20-9-7-14(8-10-20)11-17(21)19-12-15-3-5-16(6-4-15)24(18,22)23/h3-6,13-14H,7-12H2,1-2H3,(H,19,21)(H2,18,22,23). The molecule has 0 saturated carbocycles. The predicted molar refractivity (Wildman–Crippen MR) is 93.7 cm³/mol. The van der Waals surface area contributed by atoms with Gasteiger partial charge < -0.3 is 10.2 Å². The van der Waals surface area contributed by atoms with Gasteiger partial charge in [0.2, 0.25) is 15.9 Å². The molecule has 3 N–H and O–H groups in total. The van der Waals surface area contributed by atoms with E-state index in [1.165, 1.54) is 12.1 Å². The Kier molecular flexibility index (Phi) is 6.37. The van der Waals surface area contributed by atoms with E-state index in [2.05, 4.69) is 24.1 Å². The van der Waals surface area contributed by atoms with Gasteiger partial charge in [0.05, 0.1) is 4.90 Å². The van der Waals surface area contributed by atoms with Crippen LogP contribution in [0.2, 0.25) is 0 Å². The zero-order valence-electron chi connectivity index (χ0n) is 14.4. The highest BCUT2D eigenvalue weighted by molar-refractivity contribution is 7.89. The molecule has 134 valence electrons. The number of amides is 1. The quantitative estimate of drug-likeness (QED) is 0.810. The van der Waals surface area contributed by atoms with Gasteiger partial charge in [-0.1, -0.05) is 12.1 Å². The maximum Gasteiger partial charge on any atom is 0.238 e. The second kappa shape index (κ2) is 8.09. The van der Waals surface area contributed by atoms with E-state index in [-0.39, 0.29) is 10.8 Å². The number of carbonyl (C=O) groups excluding carboxylic acids is 1. The minimum atomic E-state index is -3.67. The van der Waals surface area contributed by atoms with Crippen molar-refractivity contribution in [1.29, 1.82) is 0 Å². The molecule has 0 radical (unpaired) electrons. The van der Waals surface area contributed by atoms with Gasteiger partial charge in [-0.05, 0) is 63.4 Å². The molecule has 0 unspecified atom stereocenters. The molecule has 1 aromatic rings. The van der Waals surface area contributed by atoms with E-state index < -0.39 is 10.0 Å². The molecule has 7 heteroatoms. The fraction of sp³-hybridized carbons (Fsp3) is 0.588. The summed E-state index contributed by atoms with van der Waals surface area (Å²) in [6.45, 7) is 6.92. The number of likely N-dealkylation sites (tertiary alicyclic amines) is 1. The van der Waals surface area contributed by atoms with Crippen molar-refractivity contribution in [2.24, 2.45) is 11.1 Å². The Labute approximate surface area is 144 Å². The Morgan fingerprint density at radius 2 is 1.83 bits per heavy atom. The molecule has 1 fully saturated rings. The van der Waals surface area contributed by atoms with Crippen molar-refractivity contribution < 1.29 is 13.2 Å². The number of nitrogens with zero attached hydrogens (tertiary/aromatic N) is 1. The Bertz CT molecular complexity index is 648. The average Bonchev–Trinajstić information content (AvgIpc) is 2.53. The first kappa shape index (κ1) is 18.9. The van der Waals surface area contributed by atoms with Crippen LogP contribution in [0.3, 0.4) is 0 Å². The number of rotatable bonds is 6. The lowest BCUT2D eigenvalue weighted by molar-refractivity contribution is -0.122. The number of hydrogen-bond donors (Lipinski definition) is 2. The topological polar surface area (TPSA) is 92.5 Å². The van der Waals surface area contributed by atoms with Crippen LogP contribution < -0.4 is 10.5 Å². The van der Waals surface area contributed by atoms with Gasteiger partial charge in [0.25, 0.3) is 0 Å². The fourth-order valence-corrected chi connectivity index (χ4v) is 3.52. The molecule has 1 amide bonds. The molecule has 1 heterocycles. The third-order valence-electron chi connectivity index (χ3n) is 4.60. The highest BCUT2D eigenvalue weighted by atomic mass is 32.2. The molecule has 0 aromatic heterocycles. The maximum absolute atomic E-state index is 12.1. The van der Waals surface area contributed by atoms with Gasteiger partial charge >= 0.3 is 0 Å². The van der Waals surface area contributed by atoms with Crippen LogP contribution in [-0.4, -0.2) is 38.4 Å². The molecule has 0 bridgehead atoms. The summed E-state index contributed by atoms with van der Waals surface area (Å²) in [4.78, 5) is 14.6. The molecule has 0 aliphatic carbocycles. The summed E-state index contributed by atoms with van der Waals surface area (Å²) in [5, 5.41) is 7.97. The minimum Gasteiger partial charge on any atom is -0.352 e. The van der Waals surface area contributed by atoms with Crippen LogP contribution in [-0.2, 0) is 21.4 Å². The number of piperidine rings is 1. The number of hydrogen-bond acceptors (Lipinski definition) is 4. The Morgan fingerprint density at radius 3 is 2.33 bits per heavy atom. The summed E-state index contributed by atoms with van der Waals surface area (Å²) in [7, 11) is -3.67. The molecular weight excluding hydrogens is 326 g/mol. The first-order valence-corrected chi connectivity index (χ1v) is 9.93. The number of nitrogens with one attached hydrogen (secondary N) is 1. The molecule has 0 atom stereocenters. The smallest absolute Gasteiger partial charge is 0.238 e. The number of sulfonamides is 1. The number of carbonyl (C=O) groups is 1. The van der Waals surface area contributed by atoms with Gasteiger partial charge in [0.1, 0.15) is 0 Å². The van der Waals surface area contributed by atoms with Gasteiger partial charge in [-0.2, -0.15) is 0 Å². The lowest BCUT2D eigenvalue weighted by atomic mass is 9.92. The van der Waals surface area contributed by atoms with Crippen molar-refractivity contribution in [2.75, 3.05) is 13.1 Å². The predicted octanol–water partition coefficient (Wildman–Crippen LogP) is 1.46. The Hall–Kier alpha value is -1.44. The van der Waals surface area contributed by atoms with E-state index in [9.17, 15) is 13.2 Å². The third kappa shape index (κ3) is 5.58. The minimum absolute atomic E-state index is 0.0496. The van der Waals surface area contributed by atoms with E-state index in [0.717, 1.165) is 31.5 Å². The van der Waals surface area contributed by atoms with E-state index in [1.54, 1.807) is 12.1 Å². The zero-order chi connectivity index (χ0) is 17.7. The van der Waals surface area contributed by atoms with Crippen LogP contribution in [0, 0.1) is 5.92 Å². The van der Waals surface area contributed by atoms with Crippen LogP contribution in [0.1, 0.15) is 38.7 Å². The summed E-state index contributed by atoms with van der Waals surface area (Å²) < 4.78 is 22.4. The van der Waals surface area contributed by atoms with Gasteiger partial charge in [0.15, 0.2) is 0 Å². The highest BCUT2D eigenvalue weighted by Gasteiger charge is 2.22. The van der Waals surface area contributed by atoms with E-state index >= 15 is 0 Å². The van der Waals surface area contributed by atoms with Crippen molar-refractivity contribution >= 4 is 15.9 Å². The summed E-state index contributed by atoms with van der Waals surface area (Å²) in [6.07, 6.45) is 2.69. The molecule has 1 aliphatic heterocycles. The van der Waals surface area contributed by atoms with Crippen LogP contribution in [0.4, 0.5) is 0 Å². The molecule has 24 heavy (non-hydrogen) atoms. The Balaban J connectivity index is 1.76. The second-order valence-electron chi connectivity index (χ2n) is 6.74. The number of nitrogens with two attached hydrogens (primary N) is 1. The van der Waals surface area contributed by atoms with E-state index in [0.29, 0.717) is 24.9 Å². The average molecular weight is 353 g/mol. The molecule has 1 aliphatic rings. The van der Waals surface area contributed by atoms with Crippen molar-refractivity contribution in [2.45, 2.75) is 50.6 Å². The highest BCUT2D eigenvalue weighted by Crippen LogP contribution is 2.21. The van der Waals surface area contributed by atoms with Crippen molar-refractivity contribution in [3.8, 4) is 0 Å². The summed E-state index contributed by atoms with van der Waals surface area (Å²) in [5.41, 5.74) is 0.852. The SMILES string of the molecule is CC(C)N1CCC(CC(=O)NCc2ccc(S(N)(=O)=O)cc2)CC1. The largest absolute Gasteiger partial charge is 0.352 e. The lowest BCUT2D eigenvalue weighted by Gasteiger charge is -2.34. The number of primary sulfonamides is 1. The normalized spacial score (nSPS) is 17.2. The van der Waals surface area contributed by atoms with Gasteiger partial charge in [-0.3, -0.25) is 4.79 Å². The van der Waals surface area contributed by atoms with Crippen molar-refractivity contribution in [3.05, 3.63) is 29.8 Å². The fourth-order valence-electron chi connectivity index (χ4n) is 3.01. The summed E-state index contributed by atoms with van der Waals surface area (Å²) in [6, 6.07) is 6.82. The van der Waals surface area contributed by atoms with Crippen LogP contribution in [0.5, 0.6) is 0 Å². The molecule has 1 aromatic carbocycles. The molecule has 0 spiro atoms. The second-order valence-corrected chi connectivity index (χ2v) is 8.30. The first-order valence-electron chi connectivity index (χ1n) is 8.38. The maximum atomic E-state index is 12.1. The van der Waals surface area contributed by atoms with Crippen molar-refractivity contribution in [1.82, 2.24) is 10.2 Å². The van der Waals surface area contributed by atoms with E-state index in [4.69, 9.17) is 5.14 Å². The van der Waals surface area contributed by atoms with E-state index in [1.807, 2.05) is 0 Å². The summed E-state index contributed by atoms with van der Waals surface area (Å²) >= 11 is 0. The van der Waals surface area contributed by atoms with Gasteiger partial charge in [-0.25, -0.2) is 13.6 Å². The van der Waals surface area contributed by atoms with Gasteiger partial charge in [0, 0.05) is 19.0 Å². The molecule has 1 saturated heterocycles. The van der Waals surface area contributed by atoms with Crippen molar-refractivity contribution in [3.63, 3.8) is 0 Å². The van der Waals surface area contributed by atoms with Crippen LogP contribution in [0.15, 0.2) is 29.2 Å². The van der Waals surface area contributed by atoms with Crippen LogP contribution >= 0.6 is 0 Å². The summed E-state index contributed by atoms with van der Waals surface area (Å²) in [5.74, 6) is 0.498. The van der Waals surface area contributed by atoms with Gasteiger partial charge in [-0.15, -0.1) is 0 Å². The number of benzene rings is 1. The molecular formula is C17H27N3O3S. The van der Waals surface area contributed by atoms with Crippen LogP contribution in [0.25, 0.3) is 0 Å². The molecule has 6 nitrogen and oxygen atoms in total. The Morgan fingerprint density at radius 1 is 1.25 bits per heavy atom. The molecule has 2 rings (SSSR count). The monoisotopic (exact) mass is 353 g/mol. The third-order valence-corrected chi connectivity index (χ3v) is 5.52. The lowest BCUT2D eigenvalue weighted by Crippen LogP contribution is -2.39.